The quantitative estimate of drug-likeness (QED) is 0.378. The molecule has 4 aromatic rings. The number of amides is 1. The molecule has 30 heavy (non-hydrogen) atoms. The topological polar surface area (TPSA) is 66.9 Å². The van der Waals surface area contributed by atoms with Gasteiger partial charge in [-0.25, -0.2) is 9.97 Å². The first-order valence-electron chi connectivity index (χ1n) is 9.11. The summed E-state index contributed by atoms with van der Waals surface area (Å²) in [4.78, 5) is 21.4. The summed E-state index contributed by atoms with van der Waals surface area (Å²) in [6.07, 6.45) is 1.70. The number of hydrogen-bond acceptors (Lipinski definition) is 4. The summed E-state index contributed by atoms with van der Waals surface area (Å²) in [6.45, 7) is 0. The molecule has 0 aliphatic heterocycles. The predicted octanol–water partition coefficient (Wildman–Crippen LogP) is 6.45. The molecule has 0 radical (unpaired) electrons. The fraction of sp³-hybridized carbons (Fsp3) is 0. The second kappa shape index (κ2) is 8.95. The van der Waals surface area contributed by atoms with Crippen LogP contribution in [0.3, 0.4) is 0 Å². The van der Waals surface area contributed by atoms with E-state index in [2.05, 4.69) is 20.6 Å². The van der Waals surface area contributed by atoms with Crippen LogP contribution in [0.15, 0.2) is 85.1 Å². The largest absolute Gasteiger partial charge is 0.324 e. The molecular weight excluding hydrogens is 419 g/mol. The predicted molar refractivity (Wildman–Crippen MR) is 122 cm³/mol. The lowest BCUT2D eigenvalue weighted by atomic mass is 10.1. The number of halogens is 2. The molecule has 0 fully saturated rings. The highest BCUT2D eigenvalue weighted by atomic mass is 35.5. The number of carbonyl (C=O) groups excluding carboxylic acids is 1. The molecule has 1 heterocycles. The Morgan fingerprint density at radius 1 is 0.800 bits per heavy atom. The van der Waals surface area contributed by atoms with Crippen LogP contribution in [0.1, 0.15) is 10.4 Å². The Labute approximate surface area is 183 Å². The Balaban J connectivity index is 1.52. The van der Waals surface area contributed by atoms with Crippen LogP contribution in [0.2, 0.25) is 10.0 Å². The Bertz CT molecular complexity index is 1180. The van der Waals surface area contributed by atoms with Crippen molar-refractivity contribution in [2.75, 3.05) is 10.6 Å². The standard InChI is InChI=1S/C23H16Cl2N4O/c24-18-10-5-11-19(25)21(18)22(30)27-16-8-4-9-17(14-16)28-23-26-13-12-20(29-23)15-6-2-1-3-7-15/h1-14H,(H,27,30)(H,26,28,29). The summed E-state index contributed by atoms with van der Waals surface area (Å²) in [6, 6.07) is 23.9. The summed E-state index contributed by atoms with van der Waals surface area (Å²) in [7, 11) is 0. The van der Waals surface area contributed by atoms with E-state index in [1.54, 1.807) is 36.5 Å². The van der Waals surface area contributed by atoms with Crippen LogP contribution in [0.4, 0.5) is 17.3 Å². The van der Waals surface area contributed by atoms with Crippen molar-refractivity contribution in [1.82, 2.24) is 9.97 Å². The van der Waals surface area contributed by atoms with Gasteiger partial charge in [0, 0.05) is 23.1 Å². The minimum absolute atomic E-state index is 0.234. The maximum absolute atomic E-state index is 12.6. The molecule has 0 aliphatic carbocycles. The first kappa shape index (κ1) is 19.9. The number of hydrogen-bond donors (Lipinski definition) is 2. The highest BCUT2D eigenvalue weighted by Gasteiger charge is 2.15. The van der Waals surface area contributed by atoms with Gasteiger partial charge < -0.3 is 10.6 Å². The number of nitrogens with one attached hydrogen (secondary N) is 2. The second-order valence-corrected chi connectivity index (χ2v) is 7.20. The van der Waals surface area contributed by atoms with E-state index in [0.29, 0.717) is 21.7 Å². The lowest BCUT2D eigenvalue weighted by molar-refractivity contribution is 0.102. The Morgan fingerprint density at radius 2 is 1.50 bits per heavy atom. The van der Waals surface area contributed by atoms with Gasteiger partial charge >= 0.3 is 0 Å². The molecule has 148 valence electrons. The van der Waals surface area contributed by atoms with Crippen LogP contribution < -0.4 is 10.6 Å². The molecule has 0 saturated carbocycles. The van der Waals surface area contributed by atoms with Crippen molar-refractivity contribution in [3.05, 3.63) is 101 Å². The minimum Gasteiger partial charge on any atom is -0.324 e. The van der Waals surface area contributed by atoms with Crippen LogP contribution in [0.5, 0.6) is 0 Å². The zero-order chi connectivity index (χ0) is 20.9. The lowest BCUT2D eigenvalue weighted by Crippen LogP contribution is -2.13. The van der Waals surface area contributed by atoms with E-state index in [4.69, 9.17) is 23.2 Å². The van der Waals surface area contributed by atoms with Crippen molar-refractivity contribution < 1.29 is 4.79 Å². The first-order chi connectivity index (χ1) is 14.6. The van der Waals surface area contributed by atoms with Crippen molar-refractivity contribution in [3.63, 3.8) is 0 Å². The number of benzene rings is 3. The number of rotatable bonds is 5. The van der Waals surface area contributed by atoms with Crippen molar-refractivity contribution in [2.45, 2.75) is 0 Å². The summed E-state index contributed by atoms with van der Waals surface area (Å²) in [5.74, 6) is 0.0686. The van der Waals surface area contributed by atoms with E-state index in [-0.39, 0.29) is 11.5 Å². The van der Waals surface area contributed by atoms with Crippen LogP contribution >= 0.6 is 23.2 Å². The molecule has 0 aliphatic rings. The van der Waals surface area contributed by atoms with Gasteiger partial charge in [0.05, 0.1) is 21.3 Å². The van der Waals surface area contributed by atoms with E-state index in [0.717, 1.165) is 16.9 Å². The third kappa shape index (κ3) is 4.59. The SMILES string of the molecule is O=C(Nc1cccc(Nc2nccc(-c3ccccc3)n2)c1)c1c(Cl)cccc1Cl. The molecule has 0 atom stereocenters. The van der Waals surface area contributed by atoms with Gasteiger partial charge in [-0.15, -0.1) is 0 Å². The maximum atomic E-state index is 12.6. The number of carbonyl (C=O) groups is 1. The van der Waals surface area contributed by atoms with Crippen LogP contribution in [-0.4, -0.2) is 15.9 Å². The molecule has 0 bridgehead atoms. The summed E-state index contributed by atoms with van der Waals surface area (Å²) in [5, 5.41) is 6.56. The van der Waals surface area contributed by atoms with Crippen molar-refractivity contribution in [3.8, 4) is 11.3 Å². The molecular formula is C23H16Cl2N4O. The third-order valence-corrected chi connectivity index (χ3v) is 4.92. The second-order valence-electron chi connectivity index (χ2n) is 6.39. The zero-order valence-electron chi connectivity index (χ0n) is 15.6. The molecule has 7 heteroatoms. The molecule has 3 aromatic carbocycles. The van der Waals surface area contributed by atoms with Crippen LogP contribution in [0.25, 0.3) is 11.3 Å². The first-order valence-corrected chi connectivity index (χ1v) is 9.87. The van der Waals surface area contributed by atoms with Crippen molar-refractivity contribution in [2.24, 2.45) is 0 Å². The van der Waals surface area contributed by atoms with Crippen molar-refractivity contribution in [1.29, 1.82) is 0 Å². The van der Waals surface area contributed by atoms with Gasteiger partial charge in [0.2, 0.25) is 5.95 Å². The fourth-order valence-corrected chi connectivity index (χ4v) is 3.47. The smallest absolute Gasteiger partial charge is 0.258 e. The Kier molecular flexibility index (Phi) is 5.93. The minimum atomic E-state index is -0.384. The Hall–Kier alpha value is -3.41. The van der Waals surface area contributed by atoms with E-state index < -0.39 is 0 Å². The molecule has 2 N–H and O–H groups in total. The van der Waals surface area contributed by atoms with E-state index in [1.807, 2.05) is 48.5 Å². The third-order valence-electron chi connectivity index (χ3n) is 4.29. The summed E-state index contributed by atoms with van der Waals surface area (Å²) < 4.78 is 0. The average molecular weight is 435 g/mol. The van der Waals surface area contributed by atoms with E-state index in [1.165, 1.54) is 0 Å². The monoisotopic (exact) mass is 434 g/mol. The summed E-state index contributed by atoms with van der Waals surface area (Å²) in [5.41, 5.74) is 3.35. The van der Waals surface area contributed by atoms with Crippen LogP contribution in [-0.2, 0) is 0 Å². The van der Waals surface area contributed by atoms with Gasteiger partial charge in [0.1, 0.15) is 0 Å². The molecule has 4 rings (SSSR count). The van der Waals surface area contributed by atoms with Gasteiger partial charge in [-0.1, -0.05) is 65.7 Å². The number of anilines is 3. The fourth-order valence-electron chi connectivity index (χ4n) is 2.90. The maximum Gasteiger partial charge on any atom is 0.258 e. The Morgan fingerprint density at radius 3 is 2.27 bits per heavy atom. The van der Waals surface area contributed by atoms with Gasteiger partial charge in [-0.05, 0) is 36.4 Å². The van der Waals surface area contributed by atoms with Gasteiger partial charge in [0.15, 0.2) is 0 Å². The highest BCUT2D eigenvalue weighted by Crippen LogP contribution is 2.26. The average Bonchev–Trinajstić information content (AvgIpc) is 2.75. The van der Waals surface area contributed by atoms with Crippen LogP contribution in [0, 0.1) is 0 Å². The van der Waals surface area contributed by atoms with Gasteiger partial charge in [-0.3, -0.25) is 4.79 Å². The molecule has 0 spiro atoms. The molecule has 1 aromatic heterocycles. The van der Waals surface area contributed by atoms with E-state index >= 15 is 0 Å². The number of nitrogens with zero attached hydrogens (tertiary/aromatic N) is 2. The van der Waals surface area contributed by atoms with Gasteiger partial charge in [-0.2, -0.15) is 0 Å². The molecule has 1 amide bonds. The normalized spacial score (nSPS) is 10.5. The lowest BCUT2D eigenvalue weighted by Gasteiger charge is -2.11. The molecule has 5 nitrogen and oxygen atoms in total. The van der Waals surface area contributed by atoms with Crippen molar-refractivity contribution >= 4 is 46.4 Å². The summed E-state index contributed by atoms with van der Waals surface area (Å²) >= 11 is 12.2. The zero-order valence-corrected chi connectivity index (χ0v) is 17.2. The highest BCUT2D eigenvalue weighted by molar-refractivity contribution is 6.40. The number of aromatic nitrogens is 2. The molecule has 0 saturated heterocycles. The molecule has 0 unspecified atom stereocenters. The van der Waals surface area contributed by atoms with Gasteiger partial charge in [0.25, 0.3) is 5.91 Å². The van der Waals surface area contributed by atoms with E-state index in [9.17, 15) is 4.79 Å².